The topological polar surface area (TPSA) is 31.7 Å². The maximum absolute atomic E-state index is 13.4. The molecule has 1 saturated heterocycles. The van der Waals surface area contributed by atoms with E-state index in [1.165, 1.54) is 23.3 Å². The highest BCUT2D eigenvalue weighted by molar-refractivity contribution is 5.62. The summed E-state index contributed by atoms with van der Waals surface area (Å²) < 4.78 is 13.4. The Labute approximate surface area is 178 Å². The number of allylic oxidation sites excluding steroid dienone is 2. The minimum atomic E-state index is -0.241. The standard InChI is InChI=1S/C25H29FN4/c1-4-28-30(23-9-7-22(26)8-10-23)24-11-13-25(18-29(3)15-12-21(25)16-24)19(2)20-6-5-14-27-17-20/h4-11,14,16-17,19H,12-13,15,18H2,1-3H3/b28-4-. The number of benzene rings is 1. The van der Waals surface area contributed by atoms with Crippen LogP contribution in [0.5, 0.6) is 0 Å². The number of hydrazone groups is 1. The third kappa shape index (κ3) is 3.82. The monoisotopic (exact) mass is 404 g/mol. The summed E-state index contributed by atoms with van der Waals surface area (Å²) in [6.07, 6.45) is 12.2. The third-order valence-electron chi connectivity index (χ3n) is 6.51. The number of nitrogens with zero attached hydrogens (tertiary/aromatic N) is 4. The number of hydrogen-bond donors (Lipinski definition) is 0. The fraction of sp³-hybridized carbons (Fsp3) is 0.360. The molecule has 0 N–H and O–H groups in total. The summed E-state index contributed by atoms with van der Waals surface area (Å²) in [5.74, 6) is 0.113. The molecular weight excluding hydrogens is 375 g/mol. The molecule has 0 amide bonds. The predicted molar refractivity (Wildman–Crippen MR) is 121 cm³/mol. The molecule has 1 aromatic carbocycles. The molecule has 0 bridgehead atoms. The SMILES string of the molecule is C/C=N\N(C1=CCC2(C(C)c3cccnc3)CN(C)CCC2=C1)c1ccc(F)cc1. The van der Waals surface area contributed by atoms with Gasteiger partial charge in [-0.1, -0.05) is 24.6 Å². The van der Waals surface area contributed by atoms with Gasteiger partial charge >= 0.3 is 0 Å². The summed E-state index contributed by atoms with van der Waals surface area (Å²) in [4.78, 5) is 6.80. The summed E-state index contributed by atoms with van der Waals surface area (Å²) in [5, 5.41) is 6.48. The normalized spacial score (nSPS) is 22.9. The van der Waals surface area contributed by atoms with Crippen molar-refractivity contribution in [1.29, 1.82) is 0 Å². The van der Waals surface area contributed by atoms with Crippen LogP contribution in [0.15, 0.2) is 77.3 Å². The second-order valence-corrected chi connectivity index (χ2v) is 8.32. The number of hydrogen-bond acceptors (Lipinski definition) is 4. The second kappa shape index (κ2) is 8.52. The fourth-order valence-corrected chi connectivity index (χ4v) is 4.83. The Morgan fingerprint density at radius 1 is 1.27 bits per heavy atom. The van der Waals surface area contributed by atoms with Crippen LogP contribution in [-0.2, 0) is 0 Å². The van der Waals surface area contributed by atoms with Crippen molar-refractivity contribution in [3.63, 3.8) is 0 Å². The number of halogens is 1. The van der Waals surface area contributed by atoms with Crippen LogP contribution >= 0.6 is 0 Å². The molecule has 1 aliphatic carbocycles. The Morgan fingerprint density at radius 2 is 2.07 bits per heavy atom. The van der Waals surface area contributed by atoms with Gasteiger partial charge in [0, 0.05) is 37.1 Å². The Bertz CT molecular complexity index is 964. The van der Waals surface area contributed by atoms with Gasteiger partial charge in [0.1, 0.15) is 5.82 Å². The maximum atomic E-state index is 13.4. The molecule has 30 heavy (non-hydrogen) atoms. The highest BCUT2D eigenvalue weighted by atomic mass is 19.1. The van der Waals surface area contributed by atoms with Crippen molar-refractivity contribution < 1.29 is 4.39 Å². The summed E-state index contributed by atoms with van der Waals surface area (Å²) in [7, 11) is 2.21. The van der Waals surface area contributed by atoms with Gasteiger partial charge in [-0.05, 0) is 74.7 Å². The number of pyridine rings is 1. The first-order valence-corrected chi connectivity index (χ1v) is 10.6. The Hall–Kier alpha value is -2.79. The van der Waals surface area contributed by atoms with Crippen molar-refractivity contribution in [3.8, 4) is 0 Å². The quantitative estimate of drug-likeness (QED) is 0.496. The van der Waals surface area contributed by atoms with Crippen molar-refractivity contribution in [2.75, 3.05) is 25.1 Å². The number of likely N-dealkylation sites (tertiary alicyclic amines) is 1. The van der Waals surface area contributed by atoms with E-state index in [0.717, 1.165) is 37.3 Å². The van der Waals surface area contributed by atoms with E-state index in [2.05, 4.69) is 47.2 Å². The molecule has 1 fully saturated rings. The summed E-state index contributed by atoms with van der Waals surface area (Å²) >= 11 is 0. The summed E-state index contributed by atoms with van der Waals surface area (Å²) in [6.45, 7) is 6.29. The van der Waals surface area contributed by atoms with Gasteiger partial charge in [0.05, 0.1) is 11.4 Å². The van der Waals surface area contributed by atoms with Crippen LogP contribution in [0.4, 0.5) is 10.1 Å². The van der Waals surface area contributed by atoms with E-state index >= 15 is 0 Å². The van der Waals surface area contributed by atoms with Crippen molar-refractivity contribution in [1.82, 2.24) is 9.88 Å². The van der Waals surface area contributed by atoms with E-state index in [4.69, 9.17) is 0 Å². The molecule has 2 aliphatic rings. The van der Waals surface area contributed by atoms with Gasteiger partial charge in [0.2, 0.25) is 0 Å². The van der Waals surface area contributed by atoms with Gasteiger partial charge in [0.15, 0.2) is 0 Å². The zero-order valence-corrected chi connectivity index (χ0v) is 17.9. The van der Waals surface area contributed by atoms with E-state index in [1.807, 2.05) is 30.4 Å². The molecule has 1 aromatic heterocycles. The zero-order chi connectivity index (χ0) is 21.1. The van der Waals surface area contributed by atoms with Crippen LogP contribution < -0.4 is 5.01 Å². The van der Waals surface area contributed by atoms with Crippen LogP contribution in [0.2, 0.25) is 0 Å². The molecule has 2 unspecified atom stereocenters. The average Bonchev–Trinajstić information content (AvgIpc) is 2.78. The van der Waals surface area contributed by atoms with Gasteiger partial charge < -0.3 is 4.90 Å². The minimum Gasteiger partial charge on any atom is -0.305 e. The summed E-state index contributed by atoms with van der Waals surface area (Å²) in [6, 6.07) is 10.7. The second-order valence-electron chi connectivity index (χ2n) is 8.32. The van der Waals surface area contributed by atoms with Gasteiger partial charge in [-0.15, -0.1) is 0 Å². The predicted octanol–water partition coefficient (Wildman–Crippen LogP) is 5.37. The number of anilines is 1. The van der Waals surface area contributed by atoms with Gasteiger partial charge in [-0.25, -0.2) is 9.40 Å². The van der Waals surface area contributed by atoms with E-state index in [0.29, 0.717) is 5.92 Å². The molecule has 0 radical (unpaired) electrons. The number of aromatic nitrogens is 1. The minimum absolute atomic E-state index is 0.0456. The van der Waals surface area contributed by atoms with Crippen LogP contribution in [-0.4, -0.2) is 36.2 Å². The largest absolute Gasteiger partial charge is 0.305 e. The first-order chi connectivity index (χ1) is 14.5. The van der Waals surface area contributed by atoms with Gasteiger partial charge in [-0.3, -0.25) is 4.98 Å². The van der Waals surface area contributed by atoms with Crippen LogP contribution in [0.25, 0.3) is 0 Å². The molecule has 4 rings (SSSR count). The molecule has 2 heterocycles. The van der Waals surface area contributed by atoms with E-state index in [9.17, 15) is 4.39 Å². The van der Waals surface area contributed by atoms with Crippen LogP contribution in [0, 0.1) is 11.2 Å². The highest BCUT2D eigenvalue weighted by Gasteiger charge is 2.44. The zero-order valence-electron chi connectivity index (χ0n) is 17.9. The number of piperidine rings is 1. The smallest absolute Gasteiger partial charge is 0.123 e. The fourth-order valence-electron chi connectivity index (χ4n) is 4.83. The van der Waals surface area contributed by atoms with Crippen molar-refractivity contribution in [2.24, 2.45) is 10.5 Å². The van der Waals surface area contributed by atoms with Crippen molar-refractivity contribution in [2.45, 2.75) is 32.6 Å². The Balaban J connectivity index is 1.71. The van der Waals surface area contributed by atoms with E-state index in [-0.39, 0.29) is 11.2 Å². The lowest BCUT2D eigenvalue weighted by Crippen LogP contribution is -2.47. The van der Waals surface area contributed by atoms with Crippen molar-refractivity contribution >= 4 is 11.9 Å². The lowest BCUT2D eigenvalue weighted by molar-refractivity contribution is 0.142. The van der Waals surface area contributed by atoms with Crippen LogP contribution in [0.3, 0.4) is 0 Å². The molecule has 2 aromatic rings. The summed E-state index contributed by atoms with van der Waals surface area (Å²) in [5.41, 5.74) is 4.70. The first-order valence-electron chi connectivity index (χ1n) is 10.6. The average molecular weight is 405 g/mol. The Kier molecular flexibility index (Phi) is 5.82. The van der Waals surface area contributed by atoms with Crippen LogP contribution in [0.1, 0.15) is 38.2 Å². The lowest BCUT2D eigenvalue weighted by Gasteiger charge is -2.49. The molecular formula is C25H29FN4. The maximum Gasteiger partial charge on any atom is 0.123 e. The highest BCUT2D eigenvalue weighted by Crippen LogP contribution is 2.51. The van der Waals surface area contributed by atoms with Crippen molar-refractivity contribution in [3.05, 3.63) is 83.6 Å². The van der Waals surface area contributed by atoms with E-state index < -0.39 is 0 Å². The molecule has 0 spiro atoms. The number of rotatable bonds is 5. The molecule has 4 nitrogen and oxygen atoms in total. The van der Waals surface area contributed by atoms with Gasteiger partial charge in [-0.2, -0.15) is 5.10 Å². The lowest BCUT2D eigenvalue weighted by atomic mass is 9.62. The first kappa shape index (κ1) is 20.5. The third-order valence-corrected chi connectivity index (χ3v) is 6.51. The van der Waals surface area contributed by atoms with Gasteiger partial charge in [0.25, 0.3) is 0 Å². The van der Waals surface area contributed by atoms with E-state index in [1.54, 1.807) is 18.3 Å². The molecule has 0 saturated carbocycles. The molecule has 156 valence electrons. The molecule has 1 aliphatic heterocycles. The Morgan fingerprint density at radius 3 is 2.77 bits per heavy atom. The molecule has 2 atom stereocenters. The number of fused-ring (bicyclic) bond motifs is 1. The molecule has 5 heteroatoms.